The first kappa shape index (κ1) is 26.9. The molecular formula is C27H37N3O4S. The predicted molar refractivity (Wildman–Crippen MR) is 142 cm³/mol. The lowest BCUT2D eigenvalue weighted by Crippen LogP contribution is -2.52. The first-order valence-electron chi connectivity index (χ1n) is 12.1. The van der Waals surface area contributed by atoms with Gasteiger partial charge in [0.15, 0.2) is 11.5 Å². The van der Waals surface area contributed by atoms with E-state index in [1.54, 1.807) is 32.4 Å². The van der Waals surface area contributed by atoms with E-state index in [-0.39, 0.29) is 23.1 Å². The van der Waals surface area contributed by atoms with Gasteiger partial charge in [-0.05, 0) is 51.2 Å². The number of amides is 2. The van der Waals surface area contributed by atoms with E-state index in [1.807, 2.05) is 24.3 Å². The Morgan fingerprint density at radius 2 is 1.66 bits per heavy atom. The minimum Gasteiger partial charge on any atom is -0.493 e. The maximum Gasteiger partial charge on any atom is 0.252 e. The van der Waals surface area contributed by atoms with Crippen LogP contribution in [0, 0.1) is 0 Å². The highest BCUT2D eigenvalue weighted by Gasteiger charge is 2.33. The second-order valence-corrected chi connectivity index (χ2v) is 10.1. The summed E-state index contributed by atoms with van der Waals surface area (Å²) in [5.41, 5.74) is 1.21. The van der Waals surface area contributed by atoms with Crippen LogP contribution in [0.3, 0.4) is 0 Å². The Bertz CT molecular complexity index is 1000. The van der Waals surface area contributed by atoms with Crippen LogP contribution in [0.5, 0.6) is 11.5 Å². The quantitative estimate of drug-likeness (QED) is 0.360. The SMILES string of the molecule is COc1ccc(NC(=O)CSc2ccccc2C(=O)NCC2(N(C)C)CCCCCC2)cc1OC. The number of ether oxygens (including phenoxy) is 2. The fraction of sp³-hybridized carbons (Fsp3) is 0.481. The third-order valence-corrected chi connectivity index (χ3v) is 7.79. The maximum absolute atomic E-state index is 13.2. The third kappa shape index (κ3) is 7.15. The Balaban J connectivity index is 1.61. The van der Waals surface area contributed by atoms with Crippen molar-refractivity contribution in [2.45, 2.75) is 49.0 Å². The second-order valence-electron chi connectivity index (χ2n) is 9.12. The Labute approximate surface area is 212 Å². The van der Waals surface area contributed by atoms with Crippen LogP contribution in [-0.2, 0) is 4.79 Å². The van der Waals surface area contributed by atoms with Gasteiger partial charge in [-0.15, -0.1) is 11.8 Å². The zero-order chi connectivity index (χ0) is 25.3. The highest BCUT2D eigenvalue weighted by Crippen LogP contribution is 2.32. The van der Waals surface area contributed by atoms with Crippen LogP contribution >= 0.6 is 11.8 Å². The molecule has 0 bridgehead atoms. The molecule has 190 valence electrons. The van der Waals surface area contributed by atoms with Gasteiger partial charge < -0.3 is 25.0 Å². The number of likely N-dealkylation sites (N-methyl/N-ethyl adjacent to an activating group) is 1. The Hall–Kier alpha value is -2.71. The van der Waals surface area contributed by atoms with Gasteiger partial charge >= 0.3 is 0 Å². The number of anilines is 1. The van der Waals surface area contributed by atoms with Crippen molar-refractivity contribution >= 4 is 29.3 Å². The first-order chi connectivity index (χ1) is 16.9. The van der Waals surface area contributed by atoms with Gasteiger partial charge in [0.1, 0.15) is 0 Å². The average molecular weight is 500 g/mol. The van der Waals surface area contributed by atoms with Crippen LogP contribution in [0.2, 0.25) is 0 Å². The standard InChI is InChI=1S/C27H37N3O4S/c1-30(2)27(15-9-5-6-10-16-27)19-28-26(32)21-11-7-8-12-24(21)35-18-25(31)29-20-13-14-22(33-3)23(17-20)34-4/h7-8,11-14,17H,5-6,9-10,15-16,18-19H2,1-4H3,(H,28,32)(H,29,31). The number of carbonyl (C=O) groups is 2. The van der Waals surface area contributed by atoms with E-state index in [0.717, 1.165) is 17.7 Å². The first-order valence-corrected chi connectivity index (χ1v) is 13.1. The number of hydrogen-bond donors (Lipinski definition) is 2. The summed E-state index contributed by atoms with van der Waals surface area (Å²) in [7, 11) is 7.34. The van der Waals surface area contributed by atoms with E-state index in [9.17, 15) is 9.59 Å². The van der Waals surface area contributed by atoms with Crippen molar-refractivity contribution in [1.82, 2.24) is 10.2 Å². The topological polar surface area (TPSA) is 79.9 Å². The zero-order valence-electron chi connectivity index (χ0n) is 21.2. The number of carbonyl (C=O) groups excluding carboxylic acids is 2. The lowest BCUT2D eigenvalue weighted by Gasteiger charge is -2.39. The molecule has 0 unspecified atom stereocenters. The minimum absolute atomic E-state index is 0.00639. The second kappa shape index (κ2) is 12.8. The van der Waals surface area contributed by atoms with Crippen molar-refractivity contribution in [2.75, 3.05) is 45.9 Å². The molecule has 2 aromatic rings. The highest BCUT2D eigenvalue weighted by atomic mass is 32.2. The molecule has 0 aromatic heterocycles. The summed E-state index contributed by atoms with van der Waals surface area (Å²) in [6.45, 7) is 0.623. The van der Waals surface area contributed by atoms with Gasteiger partial charge in [0.05, 0.1) is 25.5 Å². The van der Waals surface area contributed by atoms with Crippen molar-refractivity contribution in [2.24, 2.45) is 0 Å². The van der Waals surface area contributed by atoms with Crippen LogP contribution in [0.15, 0.2) is 47.4 Å². The number of benzene rings is 2. The molecule has 1 saturated carbocycles. The number of methoxy groups -OCH3 is 2. The van der Waals surface area contributed by atoms with Gasteiger partial charge in [-0.1, -0.05) is 37.8 Å². The largest absolute Gasteiger partial charge is 0.493 e. The summed E-state index contributed by atoms with van der Waals surface area (Å²) in [5.74, 6) is 1.06. The van der Waals surface area contributed by atoms with Gasteiger partial charge in [0.2, 0.25) is 5.91 Å². The van der Waals surface area contributed by atoms with Crippen molar-refractivity contribution in [3.63, 3.8) is 0 Å². The number of hydrogen-bond acceptors (Lipinski definition) is 6. The summed E-state index contributed by atoms with van der Waals surface area (Å²) in [6, 6.07) is 12.7. The molecule has 1 aliphatic rings. The molecule has 2 aromatic carbocycles. The van der Waals surface area contributed by atoms with Crippen molar-refractivity contribution in [3.05, 3.63) is 48.0 Å². The Kier molecular flexibility index (Phi) is 9.86. The van der Waals surface area contributed by atoms with Gasteiger partial charge in [-0.2, -0.15) is 0 Å². The molecule has 1 aliphatic carbocycles. The summed E-state index contributed by atoms with van der Waals surface area (Å²) >= 11 is 1.35. The molecule has 2 N–H and O–H groups in total. The lowest BCUT2D eigenvalue weighted by atomic mass is 9.88. The van der Waals surface area contributed by atoms with Gasteiger partial charge in [-0.3, -0.25) is 9.59 Å². The number of thioether (sulfide) groups is 1. The molecule has 8 heteroatoms. The van der Waals surface area contributed by atoms with Crippen LogP contribution in [0.1, 0.15) is 48.9 Å². The molecule has 7 nitrogen and oxygen atoms in total. The number of nitrogens with zero attached hydrogens (tertiary/aromatic N) is 1. The molecule has 0 atom stereocenters. The monoisotopic (exact) mass is 499 g/mol. The van der Waals surface area contributed by atoms with Crippen LogP contribution in [0.4, 0.5) is 5.69 Å². The third-order valence-electron chi connectivity index (χ3n) is 6.72. The Morgan fingerprint density at radius 1 is 0.971 bits per heavy atom. The molecule has 0 radical (unpaired) electrons. The molecule has 0 aliphatic heterocycles. The van der Waals surface area contributed by atoms with Gasteiger partial charge in [-0.25, -0.2) is 0 Å². The van der Waals surface area contributed by atoms with Crippen molar-refractivity contribution < 1.29 is 19.1 Å². The van der Waals surface area contributed by atoms with Crippen molar-refractivity contribution in [1.29, 1.82) is 0 Å². The minimum atomic E-state index is -0.164. The molecule has 0 spiro atoms. The number of rotatable bonds is 10. The maximum atomic E-state index is 13.2. The van der Waals surface area contributed by atoms with E-state index in [4.69, 9.17) is 9.47 Å². The highest BCUT2D eigenvalue weighted by molar-refractivity contribution is 8.00. The van der Waals surface area contributed by atoms with Crippen LogP contribution in [0.25, 0.3) is 0 Å². The normalized spacial score (nSPS) is 15.2. The van der Waals surface area contributed by atoms with Gasteiger partial charge in [0.25, 0.3) is 5.91 Å². The van der Waals surface area contributed by atoms with E-state index in [2.05, 4.69) is 29.6 Å². The fourth-order valence-electron chi connectivity index (χ4n) is 4.54. The fourth-order valence-corrected chi connectivity index (χ4v) is 5.39. The smallest absolute Gasteiger partial charge is 0.252 e. The summed E-state index contributed by atoms with van der Waals surface area (Å²) in [6.07, 6.45) is 7.08. The molecule has 2 amide bonds. The molecule has 35 heavy (non-hydrogen) atoms. The molecule has 0 heterocycles. The van der Waals surface area contributed by atoms with Crippen molar-refractivity contribution in [3.8, 4) is 11.5 Å². The molecule has 1 fully saturated rings. The van der Waals surface area contributed by atoms with E-state index < -0.39 is 0 Å². The molecule has 3 rings (SSSR count). The molecular weight excluding hydrogens is 462 g/mol. The number of nitrogens with one attached hydrogen (secondary N) is 2. The summed E-state index contributed by atoms with van der Waals surface area (Å²) in [4.78, 5) is 28.8. The predicted octanol–water partition coefficient (Wildman–Crippen LogP) is 4.82. The van der Waals surface area contributed by atoms with Crippen LogP contribution < -0.4 is 20.1 Å². The summed E-state index contributed by atoms with van der Waals surface area (Å²) in [5, 5.41) is 6.07. The van der Waals surface area contributed by atoms with Gasteiger partial charge in [0, 0.05) is 28.7 Å². The van der Waals surface area contributed by atoms with E-state index in [1.165, 1.54) is 37.4 Å². The molecule has 0 saturated heterocycles. The lowest BCUT2D eigenvalue weighted by molar-refractivity contribution is -0.113. The summed E-state index contributed by atoms with van der Waals surface area (Å²) < 4.78 is 10.5. The Morgan fingerprint density at radius 3 is 2.31 bits per heavy atom. The zero-order valence-corrected chi connectivity index (χ0v) is 22.0. The van der Waals surface area contributed by atoms with E-state index >= 15 is 0 Å². The van der Waals surface area contributed by atoms with Crippen LogP contribution in [-0.4, -0.2) is 62.9 Å². The van der Waals surface area contributed by atoms with E-state index in [0.29, 0.717) is 29.3 Å². The average Bonchev–Trinajstić information content (AvgIpc) is 3.13.